The number of rotatable bonds is 8. The molecule has 7 nitrogen and oxygen atoms in total. The molecule has 2 aromatic rings. The molecule has 31 heavy (non-hydrogen) atoms. The molecule has 1 saturated heterocycles. The van der Waals surface area contributed by atoms with E-state index < -0.39 is 0 Å². The van der Waals surface area contributed by atoms with Gasteiger partial charge in [0.2, 0.25) is 11.8 Å². The molecule has 1 aromatic carbocycles. The Bertz CT molecular complexity index is 872. The van der Waals surface area contributed by atoms with Crippen LogP contribution in [0, 0.1) is 0 Å². The van der Waals surface area contributed by atoms with Crippen LogP contribution in [-0.2, 0) is 23.1 Å². The van der Waals surface area contributed by atoms with Crippen molar-refractivity contribution in [1.82, 2.24) is 15.0 Å². The maximum atomic E-state index is 13.0. The van der Waals surface area contributed by atoms with Crippen molar-refractivity contribution in [1.29, 1.82) is 0 Å². The van der Waals surface area contributed by atoms with Gasteiger partial charge >= 0.3 is 0 Å². The molecule has 1 aliphatic heterocycles. The number of carbonyl (C=O) groups is 1. The van der Waals surface area contributed by atoms with Crippen molar-refractivity contribution in [3.63, 3.8) is 0 Å². The molecule has 0 saturated carbocycles. The number of likely N-dealkylation sites (tertiary alicyclic amines) is 1. The molecule has 0 spiro atoms. The Hall–Kier alpha value is -2.57. The number of aromatic nitrogens is 2. The first-order valence-corrected chi connectivity index (χ1v) is 11.1. The largest absolute Gasteiger partial charge is 0.493 e. The minimum absolute atomic E-state index is 0.159. The number of ether oxygens (including phenoxy) is 2. The number of piperidine rings is 1. The number of hydrogen-bond acceptors (Lipinski definition) is 6. The Morgan fingerprint density at radius 1 is 1.16 bits per heavy atom. The van der Waals surface area contributed by atoms with Gasteiger partial charge in [-0.1, -0.05) is 32.0 Å². The Kier molecular flexibility index (Phi) is 7.57. The summed E-state index contributed by atoms with van der Waals surface area (Å²) in [6, 6.07) is 6.30. The predicted molar refractivity (Wildman–Crippen MR) is 119 cm³/mol. The van der Waals surface area contributed by atoms with Crippen LogP contribution in [0.4, 0.5) is 0 Å². The number of nitrogens with zero attached hydrogens (tertiary/aromatic N) is 3. The highest BCUT2D eigenvalue weighted by molar-refractivity contribution is 5.76. The first kappa shape index (κ1) is 23.1. The second-order valence-corrected chi connectivity index (χ2v) is 9.23. The van der Waals surface area contributed by atoms with Crippen LogP contribution in [0.2, 0.25) is 0 Å². The smallest absolute Gasteiger partial charge is 0.227 e. The minimum atomic E-state index is -0.159. The summed E-state index contributed by atoms with van der Waals surface area (Å²) < 4.78 is 16.1. The van der Waals surface area contributed by atoms with Crippen molar-refractivity contribution < 1.29 is 18.8 Å². The van der Waals surface area contributed by atoms with Gasteiger partial charge in [-0.15, -0.1) is 0 Å². The molecule has 1 aromatic heterocycles. The molecule has 1 atom stereocenters. The maximum absolute atomic E-state index is 13.0. The van der Waals surface area contributed by atoms with E-state index in [1.165, 1.54) is 12.0 Å². The van der Waals surface area contributed by atoms with Crippen LogP contribution in [0.25, 0.3) is 0 Å². The normalized spacial score (nSPS) is 16.9. The Labute approximate surface area is 185 Å². The van der Waals surface area contributed by atoms with Crippen molar-refractivity contribution in [2.24, 2.45) is 0 Å². The maximum Gasteiger partial charge on any atom is 0.227 e. The summed E-state index contributed by atoms with van der Waals surface area (Å²) in [4.78, 5) is 19.5. The molecular formula is C24H35N3O4. The molecule has 1 unspecified atom stereocenters. The number of amides is 1. The van der Waals surface area contributed by atoms with Crippen LogP contribution >= 0.6 is 0 Å². The number of hydrogen-bond donors (Lipinski definition) is 0. The van der Waals surface area contributed by atoms with Gasteiger partial charge in [-0.05, 0) is 49.8 Å². The van der Waals surface area contributed by atoms with Crippen molar-refractivity contribution >= 4 is 5.91 Å². The van der Waals surface area contributed by atoms with E-state index in [0.717, 1.165) is 43.7 Å². The molecule has 0 bridgehead atoms. The number of carbonyl (C=O) groups excluding carboxylic acids is 1. The van der Waals surface area contributed by atoms with Crippen LogP contribution in [0.1, 0.15) is 70.2 Å². The molecular weight excluding hydrogens is 394 g/mol. The van der Waals surface area contributed by atoms with Gasteiger partial charge in [0.1, 0.15) is 0 Å². The minimum Gasteiger partial charge on any atom is -0.493 e. The van der Waals surface area contributed by atoms with Gasteiger partial charge in [0.05, 0.1) is 14.2 Å². The van der Waals surface area contributed by atoms with Crippen molar-refractivity contribution in [2.75, 3.05) is 20.8 Å². The second-order valence-electron chi connectivity index (χ2n) is 9.23. The highest BCUT2D eigenvalue weighted by Crippen LogP contribution is 2.29. The lowest BCUT2D eigenvalue weighted by Crippen LogP contribution is -2.44. The Balaban J connectivity index is 1.57. The zero-order valence-electron chi connectivity index (χ0n) is 19.4. The SMILES string of the molecule is COc1ccc(CCC2CCCCN2C(=O)CCc2nc(C(C)(C)C)no2)cc1OC. The van der Waals surface area contributed by atoms with Crippen molar-refractivity contribution in [2.45, 2.75) is 77.2 Å². The van der Waals surface area contributed by atoms with Gasteiger partial charge in [0, 0.05) is 30.8 Å². The number of aryl methyl sites for hydroxylation is 2. The predicted octanol–water partition coefficient (Wildman–Crippen LogP) is 4.33. The Morgan fingerprint density at radius 2 is 1.94 bits per heavy atom. The molecule has 3 rings (SSSR count). The van der Waals surface area contributed by atoms with Crippen LogP contribution < -0.4 is 9.47 Å². The van der Waals surface area contributed by atoms with Gasteiger partial charge in [0.25, 0.3) is 0 Å². The number of methoxy groups -OCH3 is 2. The average Bonchev–Trinajstić information content (AvgIpc) is 3.25. The summed E-state index contributed by atoms with van der Waals surface area (Å²) in [5, 5.41) is 4.05. The number of benzene rings is 1. The van der Waals surface area contributed by atoms with E-state index in [9.17, 15) is 4.79 Å². The van der Waals surface area contributed by atoms with Crippen LogP contribution in [0.3, 0.4) is 0 Å². The topological polar surface area (TPSA) is 77.7 Å². The van der Waals surface area contributed by atoms with E-state index in [-0.39, 0.29) is 17.4 Å². The quantitative estimate of drug-likeness (QED) is 0.621. The van der Waals surface area contributed by atoms with E-state index in [1.54, 1.807) is 14.2 Å². The monoisotopic (exact) mass is 429 g/mol. The van der Waals surface area contributed by atoms with Crippen molar-refractivity contribution in [3.05, 3.63) is 35.5 Å². The van der Waals surface area contributed by atoms with E-state index in [1.807, 2.05) is 32.9 Å². The summed E-state index contributed by atoms with van der Waals surface area (Å²) in [6.07, 6.45) is 6.00. The third kappa shape index (κ3) is 5.99. The highest BCUT2D eigenvalue weighted by atomic mass is 16.5. The molecule has 1 amide bonds. The van der Waals surface area contributed by atoms with Gasteiger partial charge < -0.3 is 18.9 Å². The molecule has 170 valence electrons. The molecule has 2 heterocycles. The van der Waals surface area contributed by atoms with Gasteiger partial charge in [0.15, 0.2) is 17.3 Å². The molecule has 7 heteroatoms. The van der Waals surface area contributed by atoms with Crippen LogP contribution in [0.5, 0.6) is 11.5 Å². The summed E-state index contributed by atoms with van der Waals surface area (Å²) >= 11 is 0. The molecule has 0 N–H and O–H groups in total. The summed E-state index contributed by atoms with van der Waals surface area (Å²) in [6.45, 7) is 6.96. The third-order valence-electron chi connectivity index (χ3n) is 5.85. The van der Waals surface area contributed by atoms with Crippen LogP contribution in [0.15, 0.2) is 22.7 Å². The van der Waals surface area contributed by atoms with E-state index in [4.69, 9.17) is 14.0 Å². The van der Waals surface area contributed by atoms with E-state index >= 15 is 0 Å². The molecule has 0 radical (unpaired) electrons. The molecule has 0 aliphatic carbocycles. The lowest BCUT2D eigenvalue weighted by Gasteiger charge is -2.36. The zero-order valence-corrected chi connectivity index (χ0v) is 19.4. The van der Waals surface area contributed by atoms with Crippen molar-refractivity contribution in [3.8, 4) is 11.5 Å². The second kappa shape index (κ2) is 10.2. The molecule has 1 fully saturated rings. The summed E-state index contributed by atoms with van der Waals surface area (Å²) in [5.74, 6) is 2.87. The lowest BCUT2D eigenvalue weighted by atomic mass is 9.95. The van der Waals surface area contributed by atoms with Gasteiger partial charge in [-0.25, -0.2) is 0 Å². The zero-order chi connectivity index (χ0) is 22.4. The fourth-order valence-electron chi connectivity index (χ4n) is 4.02. The highest BCUT2D eigenvalue weighted by Gasteiger charge is 2.27. The van der Waals surface area contributed by atoms with E-state index in [0.29, 0.717) is 24.6 Å². The molecule has 1 aliphatic rings. The lowest BCUT2D eigenvalue weighted by molar-refractivity contribution is -0.135. The summed E-state index contributed by atoms with van der Waals surface area (Å²) in [5.41, 5.74) is 1.03. The average molecular weight is 430 g/mol. The van der Waals surface area contributed by atoms with E-state index in [2.05, 4.69) is 21.1 Å². The first-order valence-electron chi connectivity index (χ1n) is 11.1. The van der Waals surface area contributed by atoms with Crippen LogP contribution in [-0.4, -0.2) is 47.8 Å². The fourth-order valence-corrected chi connectivity index (χ4v) is 4.02. The fraction of sp³-hybridized carbons (Fsp3) is 0.625. The standard InChI is InChI=1S/C24H35N3O4/c1-24(2,3)23-25-21(31-26-23)13-14-22(28)27-15-7-6-8-18(27)11-9-17-10-12-19(29-4)20(16-17)30-5/h10,12,16,18H,6-9,11,13-15H2,1-5H3. The first-order chi connectivity index (χ1) is 14.8. The third-order valence-corrected chi connectivity index (χ3v) is 5.85. The van der Waals surface area contributed by atoms with Gasteiger partial charge in [-0.3, -0.25) is 4.79 Å². The summed E-state index contributed by atoms with van der Waals surface area (Å²) in [7, 11) is 3.29. The van der Waals surface area contributed by atoms with Gasteiger partial charge in [-0.2, -0.15) is 4.98 Å². The Morgan fingerprint density at radius 3 is 2.61 bits per heavy atom.